The number of nitrogens with zero attached hydrogens (tertiary/aromatic N) is 1. The molecule has 21 heavy (non-hydrogen) atoms. The molecule has 0 unspecified atom stereocenters. The van der Waals surface area contributed by atoms with Gasteiger partial charge in [-0.2, -0.15) is 4.98 Å². The number of carboxylic acid groups (broad SMARTS) is 1. The van der Waals surface area contributed by atoms with Gasteiger partial charge in [-0.1, -0.05) is 0 Å². The number of oxazole rings is 1. The second-order valence-electron chi connectivity index (χ2n) is 4.26. The smallest absolute Gasteiger partial charge is 0.335 e. The Morgan fingerprint density at radius 3 is 2.81 bits per heavy atom. The molecule has 0 saturated heterocycles. The molecule has 106 valence electrons. The van der Waals surface area contributed by atoms with E-state index < -0.39 is 5.97 Å². The number of hydrogen-bond donors (Lipinski definition) is 2. The number of halogens is 2. The van der Waals surface area contributed by atoms with Crippen molar-refractivity contribution in [1.82, 2.24) is 4.98 Å². The Balaban J connectivity index is 1.95. The van der Waals surface area contributed by atoms with Crippen LogP contribution in [0.2, 0.25) is 0 Å². The fourth-order valence-corrected chi connectivity index (χ4v) is 2.43. The van der Waals surface area contributed by atoms with Gasteiger partial charge < -0.3 is 14.8 Å². The van der Waals surface area contributed by atoms with Crippen molar-refractivity contribution in [3.63, 3.8) is 0 Å². The van der Waals surface area contributed by atoms with Crippen molar-refractivity contribution in [2.75, 3.05) is 5.32 Å². The summed E-state index contributed by atoms with van der Waals surface area (Å²) in [6.07, 6.45) is 0. The van der Waals surface area contributed by atoms with Crippen LogP contribution in [0.5, 0.6) is 0 Å². The van der Waals surface area contributed by atoms with Gasteiger partial charge in [-0.05, 0) is 59.0 Å². The fraction of sp³-hybridized carbons (Fsp3) is 0. The third-order valence-corrected chi connectivity index (χ3v) is 3.70. The second-order valence-corrected chi connectivity index (χ2v) is 5.42. The number of benzene rings is 2. The highest BCUT2D eigenvalue weighted by Gasteiger charge is 2.11. The molecule has 0 amide bonds. The van der Waals surface area contributed by atoms with Gasteiger partial charge in [0, 0.05) is 3.57 Å². The van der Waals surface area contributed by atoms with Crippen molar-refractivity contribution in [2.24, 2.45) is 0 Å². The van der Waals surface area contributed by atoms with Gasteiger partial charge in [-0.3, -0.25) is 0 Å². The number of carboxylic acids is 1. The fourth-order valence-electron chi connectivity index (χ4n) is 1.82. The number of nitrogens with one attached hydrogen (secondary N) is 1. The molecule has 0 spiro atoms. The monoisotopic (exact) mass is 398 g/mol. The highest BCUT2D eigenvalue weighted by Crippen LogP contribution is 2.26. The van der Waals surface area contributed by atoms with Gasteiger partial charge in [-0.15, -0.1) is 0 Å². The second kappa shape index (κ2) is 5.32. The van der Waals surface area contributed by atoms with E-state index >= 15 is 0 Å². The molecule has 0 bridgehead atoms. The maximum Gasteiger partial charge on any atom is 0.335 e. The van der Waals surface area contributed by atoms with Gasteiger partial charge in [0.25, 0.3) is 6.01 Å². The van der Waals surface area contributed by atoms with E-state index in [9.17, 15) is 9.18 Å². The van der Waals surface area contributed by atoms with Crippen LogP contribution < -0.4 is 5.32 Å². The van der Waals surface area contributed by atoms with E-state index in [-0.39, 0.29) is 17.4 Å². The van der Waals surface area contributed by atoms with E-state index in [0.29, 0.717) is 20.4 Å². The molecule has 2 N–H and O–H groups in total. The lowest BCUT2D eigenvalue weighted by atomic mass is 10.2. The van der Waals surface area contributed by atoms with Crippen molar-refractivity contribution in [3.05, 3.63) is 51.3 Å². The van der Waals surface area contributed by atoms with Gasteiger partial charge in [0.15, 0.2) is 5.58 Å². The summed E-state index contributed by atoms with van der Waals surface area (Å²) in [4.78, 5) is 15.1. The summed E-state index contributed by atoms with van der Waals surface area (Å²) in [6.45, 7) is 0. The van der Waals surface area contributed by atoms with Gasteiger partial charge in [0.2, 0.25) is 0 Å². The van der Waals surface area contributed by atoms with Crippen molar-refractivity contribution < 1.29 is 18.7 Å². The number of hydrogen-bond acceptors (Lipinski definition) is 4. The molecule has 0 aliphatic heterocycles. The van der Waals surface area contributed by atoms with E-state index in [1.165, 1.54) is 24.3 Å². The van der Waals surface area contributed by atoms with Crippen LogP contribution in [-0.4, -0.2) is 16.1 Å². The molecule has 3 aromatic rings. The van der Waals surface area contributed by atoms with Crippen LogP contribution in [0.3, 0.4) is 0 Å². The number of fused-ring (bicyclic) bond motifs is 1. The number of anilines is 2. The first-order valence-electron chi connectivity index (χ1n) is 5.89. The predicted molar refractivity (Wildman–Crippen MR) is 83.4 cm³/mol. The summed E-state index contributed by atoms with van der Waals surface area (Å²) >= 11 is 2.00. The Labute approximate surface area is 131 Å². The number of aromatic nitrogens is 1. The molecule has 0 aliphatic carbocycles. The maximum absolute atomic E-state index is 13.0. The predicted octanol–water partition coefficient (Wildman–Crippen LogP) is 4.01. The molecule has 0 atom stereocenters. The molecule has 0 radical (unpaired) electrons. The molecule has 5 nitrogen and oxygen atoms in total. The first kappa shape index (κ1) is 13.8. The average molecular weight is 398 g/mol. The van der Waals surface area contributed by atoms with Crippen LogP contribution in [0.4, 0.5) is 16.1 Å². The molecule has 0 saturated carbocycles. The van der Waals surface area contributed by atoms with Crippen molar-refractivity contribution in [1.29, 1.82) is 0 Å². The Hall–Kier alpha value is -2.16. The summed E-state index contributed by atoms with van der Waals surface area (Å²) in [5, 5.41) is 11.9. The molecule has 7 heteroatoms. The zero-order valence-corrected chi connectivity index (χ0v) is 12.6. The van der Waals surface area contributed by atoms with Gasteiger partial charge in [0.1, 0.15) is 11.3 Å². The summed E-state index contributed by atoms with van der Waals surface area (Å²) in [5.74, 6) is -1.36. The molecular weight excluding hydrogens is 390 g/mol. The van der Waals surface area contributed by atoms with Gasteiger partial charge >= 0.3 is 5.97 Å². The van der Waals surface area contributed by atoms with Crippen LogP contribution >= 0.6 is 22.6 Å². The van der Waals surface area contributed by atoms with Crippen LogP contribution in [-0.2, 0) is 0 Å². The van der Waals surface area contributed by atoms with Crippen molar-refractivity contribution in [2.45, 2.75) is 0 Å². The van der Waals surface area contributed by atoms with Gasteiger partial charge in [0.05, 0.1) is 11.3 Å². The molecule has 2 aromatic carbocycles. The Bertz CT molecular complexity index is 847. The quantitative estimate of drug-likeness (QED) is 0.653. The minimum absolute atomic E-state index is 0.126. The molecule has 0 fully saturated rings. The topological polar surface area (TPSA) is 75.4 Å². The average Bonchev–Trinajstić information content (AvgIpc) is 2.83. The molecule has 0 aliphatic rings. The molecular formula is C14H8FIN2O3. The summed E-state index contributed by atoms with van der Waals surface area (Å²) in [5.41, 5.74) is 1.69. The third kappa shape index (κ3) is 2.82. The number of aromatic carboxylic acids is 1. The Morgan fingerprint density at radius 1 is 1.29 bits per heavy atom. The molecule has 1 heterocycles. The SMILES string of the molecule is O=C(O)c1ccc2nc(Nc3ccc(F)cc3I)oc2c1. The maximum atomic E-state index is 13.0. The van der Waals surface area contributed by atoms with Gasteiger partial charge in [-0.25, -0.2) is 9.18 Å². The molecule has 3 rings (SSSR count). The van der Waals surface area contributed by atoms with Crippen LogP contribution in [0.25, 0.3) is 11.1 Å². The van der Waals surface area contributed by atoms with E-state index in [1.54, 1.807) is 12.1 Å². The van der Waals surface area contributed by atoms with E-state index in [0.717, 1.165) is 0 Å². The van der Waals surface area contributed by atoms with Crippen LogP contribution in [0.1, 0.15) is 10.4 Å². The largest absolute Gasteiger partial charge is 0.478 e. The Morgan fingerprint density at radius 2 is 2.10 bits per heavy atom. The minimum Gasteiger partial charge on any atom is -0.478 e. The minimum atomic E-state index is -1.03. The van der Waals surface area contributed by atoms with Crippen LogP contribution in [0.15, 0.2) is 40.8 Å². The zero-order chi connectivity index (χ0) is 15.0. The third-order valence-electron chi connectivity index (χ3n) is 2.81. The normalized spacial score (nSPS) is 10.8. The van der Waals surface area contributed by atoms with E-state index in [2.05, 4.69) is 10.3 Å². The van der Waals surface area contributed by atoms with Crippen LogP contribution in [0, 0.1) is 9.39 Å². The summed E-state index contributed by atoms with van der Waals surface area (Å²) < 4.78 is 19.2. The number of carbonyl (C=O) groups is 1. The Kier molecular flexibility index (Phi) is 3.50. The lowest BCUT2D eigenvalue weighted by Crippen LogP contribution is -1.94. The zero-order valence-electron chi connectivity index (χ0n) is 10.4. The highest BCUT2D eigenvalue weighted by molar-refractivity contribution is 14.1. The lowest BCUT2D eigenvalue weighted by molar-refractivity contribution is 0.0697. The van der Waals surface area contributed by atoms with Crippen molar-refractivity contribution in [3.8, 4) is 0 Å². The highest BCUT2D eigenvalue weighted by atomic mass is 127. The standard InChI is InChI=1S/C14H8FIN2O3/c15-8-2-4-10(9(16)6-8)17-14-18-11-3-1-7(13(19)20)5-12(11)21-14/h1-6H,(H,17,18)(H,19,20). The lowest BCUT2D eigenvalue weighted by Gasteiger charge is -2.03. The first-order chi connectivity index (χ1) is 10.0. The summed E-state index contributed by atoms with van der Waals surface area (Å²) in [7, 11) is 0. The van der Waals surface area contributed by atoms with Crippen molar-refractivity contribution >= 4 is 51.4 Å². The van der Waals surface area contributed by atoms with E-state index in [1.807, 2.05) is 22.6 Å². The first-order valence-corrected chi connectivity index (χ1v) is 6.97. The number of rotatable bonds is 3. The molecule has 1 aromatic heterocycles. The summed E-state index contributed by atoms with van der Waals surface area (Å²) in [6, 6.07) is 8.95. The van der Waals surface area contributed by atoms with E-state index in [4.69, 9.17) is 9.52 Å².